The largest absolute Gasteiger partial charge is 0.488 e. The fourth-order valence-electron chi connectivity index (χ4n) is 3.98. The molecular formula is C24H34BN3O3S. The van der Waals surface area contributed by atoms with Gasteiger partial charge in [0.2, 0.25) is 0 Å². The Hall–Kier alpha value is -2.26. The molecule has 0 bridgehead atoms. The lowest BCUT2D eigenvalue weighted by Crippen LogP contribution is -2.53. The van der Waals surface area contributed by atoms with Crippen LogP contribution in [0.15, 0.2) is 54.6 Å². The maximum atomic E-state index is 9.64. The zero-order chi connectivity index (χ0) is 23.5. The molecule has 0 saturated heterocycles. The van der Waals surface area contributed by atoms with Gasteiger partial charge in [-0.3, -0.25) is 4.90 Å². The van der Waals surface area contributed by atoms with Crippen molar-refractivity contribution >= 4 is 41.4 Å². The Bertz CT molecular complexity index is 863. The normalized spacial score (nSPS) is 17.7. The molecule has 0 amide bonds. The van der Waals surface area contributed by atoms with Crippen LogP contribution >= 0.6 is 12.2 Å². The van der Waals surface area contributed by atoms with E-state index < -0.39 is 7.12 Å². The maximum absolute atomic E-state index is 9.64. The van der Waals surface area contributed by atoms with Gasteiger partial charge in [-0.25, -0.2) is 0 Å². The van der Waals surface area contributed by atoms with Crippen molar-refractivity contribution in [2.45, 2.75) is 58.2 Å². The summed E-state index contributed by atoms with van der Waals surface area (Å²) in [6.45, 7) is 3.72. The average Bonchev–Trinajstić information content (AvgIpc) is 2.74. The second kappa shape index (κ2) is 13.3. The van der Waals surface area contributed by atoms with Gasteiger partial charge in [-0.15, -0.1) is 0 Å². The summed E-state index contributed by atoms with van der Waals surface area (Å²) < 4.78 is 0. The number of thiocarbonyl (C=S) groups is 1. The molecule has 32 heavy (non-hydrogen) atoms. The molecule has 172 valence electrons. The highest BCUT2D eigenvalue weighted by Crippen LogP contribution is 2.24. The number of carbonyl (C=O) groups is 1. The first-order valence-electron chi connectivity index (χ1n) is 11.0. The minimum Gasteiger partial charge on any atom is -0.423 e. The second-order valence-electron chi connectivity index (χ2n) is 8.32. The fraction of sp³-hybridized carbons (Fsp3) is 0.417. The quantitative estimate of drug-likeness (QED) is 0.394. The van der Waals surface area contributed by atoms with Gasteiger partial charge < -0.3 is 25.5 Å². The fourth-order valence-corrected chi connectivity index (χ4v) is 4.25. The molecule has 2 aromatic carbocycles. The Morgan fingerprint density at radius 2 is 1.66 bits per heavy atom. The van der Waals surface area contributed by atoms with E-state index in [9.17, 15) is 14.8 Å². The molecule has 0 aliphatic heterocycles. The average molecular weight is 455 g/mol. The monoisotopic (exact) mass is 455 g/mol. The third kappa shape index (κ3) is 8.71. The highest BCUT2D eigenvalue weighted by Gasteiger charge is 2.29. The lowest BCUT2D eigenvalue weighted by atomic mass is 9.77. The molecule has 1 aliphatic carbocycles. The molecule has 0 radical (unpaired) electrons. The summed E-state index contributed by atoms with van der Waals surface area (Å²) in [5.74, 6) is 0.167. The molecule has 4 N–H and O–H groups in total. The van der Waals surface area contributed by atoms with Gasteiger partial charge in [-0.1, -0.05) is 55.3 Å². The zero-order valence-electron chi connectivity index (χ0n) is 19.1. The molecule has 6 nitrogen and oxygen atoms in total. The van der Waals surface area contributed by atoms with Gasteiger partial charge in [0.25, 0.3) is 0 Å². The van der Waals surface area contributed by atoms with E-state index in [-0.39, 0.29) is 11.8 Å². The predicted octanol–water partition coefficient (Wildman–Crippen LogP) is 2.69. The van der Waals surface area contributed by atoms with Gasteiger partial charge in [0.05, 0.1) is 0 Å². The van der Waals surface area contributed by atoms with Crippen LogP contribution in [0.1, 0.15) is 45.1 Å². The van der Waals surface area contributed by atoms with Gasteiger partial charge in [0, 0.05) is 24.3 Å². The SMILES string of the molecule is CC(C)=O.CN(Cc1ccccc1B(O)O)[C@@H]1CCCC[C@H]1NC(=S)Nc1ccccc1. The molecule has 1 saturated carbocycles. The Kier molecular flexibility index (Phi) is 10.8. The van der Waals surface area contributed by atoms with Crippen LogP contribution in [0, 0.1) is 0 Å². The van der Waals surface area contributed by atoms with Gasteiger partial charge in [0.15, 0.2) is 5.11 Å². The van der Waals surface area contributed by atoms with Crippen LogP contribution in [0.2, 0.25) is 0 Å². The first-order chi connectivity index (χ1) is 15.3. The number of hydrogen-bond acceptors (Lipinski definition) is 5. The van der Waals surface area contributed by atoms with Gasteiger partial charge >= 0.3 is 7.12 Å². The van der Waals surface area contributed by atoms with Crippen LogP contribution in [0.3, 0.4) is 0 Å². The number of likely N-dealkylation sites (N-methyl/N-ethyl adjacent to an activating group) is 1. The van der Waals surface area contributed by atoms with Gasteiger partial charge in [0.1, 0.15) is 5.78 Å². The molecule has 3 rings (SSSR count). The van der Waals surface area contributed by atoms with E-state index >= 15 is 0 Å². The van der Waals surface area contributed by atoms with Crippen LogP contribution in [0.25, 0.3) is 0 Å². The van der Waals surface area contributed by atoms with E-state index in [2.05, 4.69) is 22.6 Å². The Morgan fingerprint density at radius 1 is 1.06 bits per heavy atom. The highest BCUT2D eigenvalue weighted by atomic mass is 32.1. The molecule has 2 aromatic rings. The van der Waals surface area contributed by atoms with E-state index in [4.69, 9.17) is 12.2 Å². The van der Waals surface area contributed by atoms with Crippen LogP contribution in [0.5, 0.6) is 0 Å². The Balaban J connectivity index is 0.000000837. The Morgan fingerprint density at radius 3 is 2.31 bits per heavy atom. The number of para-hydroxylation sites is 1. The summed E-state index contributed by atoms with van der Waals surface area (Å²) in [6, 6.07) is 18.0. The van der Waals surface area contributed by atoms with Crippen LogP contribution in [0.4, 0.5) is 5.69 Å². The van der Waals surface area contributed by atoms with E-state index in [1.165, 1.54) is 26.7 Å². The first kappa shape index (κ1) is 26.0. The van der Waals surface area contributed by atoms with Crippen molar-refractivity contribution in [3.05, 3.63) is 60.2 Å². The summed E-state index contributed by atoms with van der Waals surface area (Å²) in [6.07, 6.45) is 4.53. The standard InChI is InChI=1S/C21H28BN3O2S.C3H6O/c1-25(15-16-9-5-6-12-18(16)22(26)27)20-14-8-7-13-19(20)24-21(28)23-17-10-3-2-4-11-17;1-3(2)4/h2-6,9-12,19-20,26-27H,7-8,13-15H2,1H3,(H2,23,24,28);1-2H3/t19-,20-;/m1./s1. The van der Waals surface area contributed by atoms with E-state index in [0.717, 1.165) is 24.1 Å². The number of rotatable bonds is 6. The number of anilines is 1. The molecule has 8 heteroatoms. The molecule has 1 aliphatic rings. The van der Waals surface area contributed by atoms with Crippen molar-refractivity contribution in [3.8, 4) is 0 Å². The number of hydrogen-bond donors (Lipinski definition) is 4. The molecule has 0 spiro atoms. The van der Waals surface area contributed by atoms with Crippen molar-refractivity contribution in [1.29, 1.82) is 0 Å². The second-order valence-corrected chi connectivity index (χ2v) is 8.73. The van der Waals surface area contributed by atoms with Crippen LogP contribution in [-0.2, 0) is 11.3 Å². The van der Waals surface area contributed by atoms with E-state index in [0.29, 0.717) is 23.2 Å². The Labute approximate surface area is 197 Å². The van der Waals surface area contributed by atoms with Crippen molar-refractivity contribution in [2.24, 2.45) is 0 Å². The van der Waals surface area contributed by atoms with Crippen LogP contribution < -0.4 is 16.1 Å². The number of benzene rings is 2. The summed E-state index contributed by atoms with van der Waals surface area (Å²) in [5.41, 5.74) is 2.48. The molecule has 0 aromatic heterocycles. The van der Waals surface area contributed by atoms with E-state index in [1.807, 2.05) is 48.5 Å². The minimum atomic E-state index is -1.45. The molecule has 1 fully saturated rings. The van der Waals surface area contributed by atoms with Gasteiger partial charge in [-0.2, -0.15) is 0 Å². The minimum absolute atomic E-state index is 0.167. The number of nitrogens with one attached hydrogen (secondary N) is 2. The predicted molar refractivity (Wildman–Crippen MR) is 136 cm³/mol. The van der Waals surface area contributed by atoms with Crippen molar-refractivity contribution in [1.82, 2.24) is 10.2 Å². The number of Topliss-reactive ketones (excluding diaryl/α,β-unsaturated/α-hetero) is 1. The maximum Gasteiger partial charge on any atom is 0.488 e. The molecule has 2 atom stereocenters. The smallest absolute Gasteiger partial charge is 0.423 e. The number of carbonyl (C=O) groups excluding carboxylic acids is 1. The molecule has 0 unspecified atom stereocenters. The lowest BCUT2D eigenvalue weighted by Gasteiger charge is -2.39. The highest BCUT2D eigenvalue weighted by molar-refractivity contribution is 7.80. The zero-order valence-corrected chi connectivity index (χ0v) is 19.9. The van der Waals surface area contributed by atoms with Gasteiger partial charge in [-0.05, 0) is 69.1 Å². The number of ketones is 1. The summed E-state index contributed by atoms with van der Waals surface area (Å²) >= 11 is 5.53. The summed E-state index contributed by atoms with van der Waals surface area (Å²) in [5, 5.41) is 26.7. The first-order valence-corrected chi connectivity index (χ1v) is 11.4. The molecule has 0 heterocycles. The van der Waals surface area contributed by atoms with E-state index in [1.54, 1.807) is 6.07 Å². The third-order valence-electron chi connectivity index (χ3n) is 5.40. The third-order valence-corrected chi connectivity index (χ3v) is 5.62. The van der Waals surface area contributed by atoms with Crippen molar-refractivity contribution in [2.75, 3.05) is 12.4 Å². The van der Waals surface area contributed by atoms with Crippen molar-refractivity contribution in [3.63, 3.8) is 0 Å². The number of nitrogens with zero attached hydrogens (tertiary/aromatic N) is 1. The molecular weight excluding hydrogens is 421 g/mol. The lowest BCUT2D eigenvalue weighted by molar-refractivity contribution is -0.114. The summed E-state index contributed by atoms with van der Waals surface area (Å²) in [4.78, 5) is 11.7. The summed E-state index contributed by atoms with van der Waals surface area (Å²) in [7, 11) is 0.645. The topological polar surface area (TPSA) is 84.8 Å². The van der Waals surface area contributed by atoms with Crippen LogP contribution in [-0.4, -0.2) is 52.1 Å². The van der Waals surface area contributed by atoms with Crippen molar-refractivity contribution < 1.29 is 14.8 Å².